The highest BCUT2D eigenvalue weighted by Gasteiger charge is 2.27. The Morgan fingerprint density at radius 1 is 1.38 bits per heavy atom. The number of carbonyl (C=O) groups excluding carboxylic acids is 1. The molecule has 2 unspecified atom stereocenters. The molecule has 2 atom stereocenters. The second-order valence-corrected chi connectivity index (χ2v) is 7.33. The summed E-state index contributed by atoms with van der Waals surface area (Å²) in [5.41, 5.74) is 0.815. The lowest BCUT2D eigenvalue weighted by atomic mass is 9.98. The fourth-order valence-electron chi connectivity index (χ4n) is 3.58. The number of nitrogens with one attached hydrogen (secondary N) is 2. The Morgan fingerprint density at radius 3 is 2.73 bits per heavy atom. The summed E-state index contributed by atoms with van der Waals surface area (Å²) in [4.78, 5) is 25.5. The molecule has 1 aromatic carbocycles. The largest absolute Gasteiger partial charge is 0.391 e. The molecule has 0 radical (unpaired) electrons. The highest BCUT2D eigenvalue weighted by atomic mass is 16.6. The molecule has 3 rings (SSSR count). The van der Waals surface area contributed by atoms with Gasteiger partial charge in [-0.05, 0) is 30.9 Å². The van der Waals surface area contributed by atoms with Gasteiger partial charge in [0, 0.05) is 50.3 Å². The average Bonchev–Trinajstić information content (AvgIpc) is 3.05. The molecule has 142 valence electrons. The third kappa shape index (κ3) is 4.13. The van der Waals surface area contributed by atoms with Crippen LogP contribution in [0, 0.1) is 22.0 Å². The van der Waals surface area contributed by atoms with Crippen LogP contribution >= 0.6 is 0 Å². The van der Waals surface area contributed by atoms with Crippen LogP contribution in [-0.4, -0.2) is 54.8 Å². The molecule has 26 heavy (non-hydrogen) atoms. The fraction of sp³-hybridized carbons (Fsp3) is 0.611. The summed E-state index contributed by atoms with van der Waals surface area (Å²) in [6.45, 7) is 5.28. The van der Waals surface area contributed by atoms with Gasteiger partial charge in [-0.15, -0.1) is 0 Å². The molecule has 2 fully saturated rings. The molecule has 2 heterocycles. The van der Waals surface area contributed by atoms with Crippen LogP contribution in [0.1, 0.15) is 30.1 Å². The third-order valence-electron chi connectivity index (χ3n) is 5.39. The number of piperidine rings is 1. The number of benzene rings is 1. The summed E-state index contributed by atoms with van der Waals surface area (Å²) in [6, 6.07) is 4.67. The van der Waals surface area contributed by atoms with E-state index in [1.165, 1.54) is 6.07 Å². The van der Waals surface area contributed by atoms with E-state index in [9.17, 15) is 20.0 Å². The molecule has 0 aliphatic carbocycles. The first kappa shape index (κ1) is 18.6. The number of rotatable bonds is 5. The van der Waals surface area contributed by atoms with Gasteiger partial charge in [-0.1, -0.05) is 6.92 Å². The maximum absolute atomic E-state index is 12.4. The molecule has 8 heteroatoms. The molecule has 1 amide bonds. The zero-order valence-electron chi connectivity index (χ0n) is 15.0. The molecule has 0 saturated carbocycles. The van der Waals surface area contributed by atoms with Crippen molar-refractivity contribution in [3.05, 3.63) is 33.9 Å². The minimum absolute atomic E-state index is 0.0326. The molecule has 1 aromatic rings. The van der Waals surface area contributed by atoms with Gasteiger partial charge in [0.15, 0.2) is 0 Å². The van der Waals surface area contributed by atoms with Crippen LogP contribution in [-0.2, 0) is 0 Å². The zero-order chi connectivity index (χ0) is 18.7. The second kappa shape index (κ2) is 8.01. The number of β-amino-alcohol motifs (C(OH)–C–C–N with tert-alkyl or cyclic N) is 1. The van der Waals surface area contributed by atoms with Gasteiger partial charge in [0.1, 0.15) is 5.69 Å². The maximum Gasteiger partial charge on any atom is 0.293 e. The Balaban J connectivity index is 1.71. The van der Waals surface area contributed by atoms with Crippen LogP contribution in [0.15, 0.2) is 18.2 Å². The van der Waals surface area contributed by atoms with E-state index in [0.29, 0.717) is 31.2 Å². The number of amides is 1. The van der Waals surface area contributed by atoms with Crippen molar-refractivity contribution in [2.45, 2.75) is 25.9 Å². The average molecular weight is 362 g/mol. The Labute approximate surface area is 152 Å². The summed E-state index contributed by atoms with van der Waals surface area (Å²) >= 11 is 0. The lowest BCUT2D eigenvalue weighted by Crippen LogP contribution is -2.35. The van der Waals surface area contributed by atoms with Crippen molar-refractivity contribution in [1.29, 1.82) is 0 Å². The Bertz CT molecular complexity index is 673. The van der Waals surface area contributed by atoms with Crippen LogP contribution in [0.2, 0.25) is 0 Å². The van der Waals surface area contributed by atoms with Gasteiger partial charge in [0.2, 0.25) is 0 Å². The van der Waals surface area contributed by atoms with E-state index in [2.05, 4.69) is 17.6 Å². The Kier molecular flexibility index (Phi) is 5.73. The number of nitro benzene ring substituents is 1. The number of nitro groups is 1. The number of anilines is 1. The topological polar surface area (TPSA) is 108 Å². The van der Waals surface area contributed by atoms with Gasteiger partial charge in [-0.3, -0.25) is 14.9 Å². The third-order valence-corrected chi connectivity index (χ3v) is 5.39. The highest BCUT2D eigenvalue weighted by molar-refractivity contribution is 5.95. The lowest BCUT2D eigenvalue weighted by molar-refractivity contribution is -0.384. The highest BCUT2D eigenvalue weighted by Crippen LogP contribution is 2.32. The zero-order valence-corrected chi connectivity index (χ0v) is 15.0. The van der Waals surface area contributed by atoms with Crippen molar-refractivity contribution in [2.75, 3.05) is 37.6 Å². The summed E-state index contributed by atoms with van der Waals surface area (Å²) < 4.78 is 0. The number of nitrogens with zero attached hydrogens (tertiary/aromatic N) is 2. The quantitative estimate of drug-likeness (QED) is 0.536. The van der Waals surface area contributed by atoms with Crippen LogP contribution in [0.4, 0.5) is 11.4 Å². The predicted octanol–water partition coefficient (Wildman–Crippen LogP) is 1.14. The van der Waals surface area contributed by atoms with E-state index in [-0.39, 0.29) is 23.1 Å². The van der Waals surface area contributed by atoms with E-state index in [1.807, 2.05) is 4.90 Å². The van der Waals surface area contributed by atoms with E-state index in [4.69, 9.17) is 0 Å². The number of hydrogen-bond acceptors (Lipinski definition) is 6. The molecule has 2 aliphatic heterocycles. The molecule has 0 spiro atoms. The van der Waals surface area contributed by atoms with Crippen molar-refractivity contribution in [2.24, 2.45) is 11.8 Å². The minimum Gasteiger partial charge on any atom is -0.391 e. The number of aliphatic hydroxyl groups excluding tert-OH is 1. The molecule has 8 nitrogen and oxygen atoms in total. The molecule has 2 aliphatic rings. The van der Waals surface area contributed by atoms with Crippen LogP contribution < -0.4 is 15.5 Å². The van der Waals surface area contributed by atoms with E-state index >= 15 is 0 Å². The van der Waals surface area contributed by atoms with Crippen molar-refractivity contribution in [1.82, 2.24) is 10.6 Å². The van der Waals surface area contributed by atoms with Gasteiger partial charge < -0.3 is 20.6 Å². The van der Waals surface area contributed by atoms with Gasteiger partial charge in [0.25, 0.3) is 11.6 Å². The molecule has 2 saturated heterocycles. The van der Waals surface area contributed by atoms with Crippen LogP contribution in [0.5, 0.6) is 0 Å². The first-order valence-corrected chi connectivity index (χ1v) is 9.16. The van der Waals surface area contributed by atoms with E-state index in [1.54, 1.807) is 12.1 Å². The van der Waals surface area contributed by atoms with Gasteiger partial charge in [-0.25, -0.2) is 0 Å². The van der Waals surface area contributed by atoms with Gasteiger partial charge in [-0.2, -0.15) is 0 Å². The number of carbonyl (C=O) groups is 1. The van der Waals surface area contributed by atoms with Crippen molar-refractivity contribution >= 4 is 17.3 Å². The predicted molar refractivity (Wildman–Crippen MR) is 98.4 cm³/mol. The monoisotopic (exact) mass is 362 g/mol. The van der Waals surface area contributed by atoms with Crippen molar-refractivity contribution in [3.8, 4) is 0 Å². The second-order valence-electron chi connectivity index (χ2n) is 7.33. The summed E-state index contributed by atoms with van der Waals surface area (Å²) in [7, 11) is 0. The lowest BCUT2D eigenvalue weighted by Gasteiger charge is -2.31. The fourth-order valence-corrected chi connectivity index (χ4v) is 3.58. The summed E-state index contributed by atoms with van der Waals surface area (Å²) in [5, 5.41) is 27.1. The van der Waals surface area contributed by atoms with Crippen molar-refractivity contribution in [3.63, 3.8) is 0 Å². The number of hydrogen-bond donors (Lipinski definition) is 3. The molecular formula is C18H26N4O4. The molecule has 0 aromatic heterocycles. The van der Waals surface area contributed by atoms with Crippen LogP contribution in [0.25, 0.3) is 0 Å². The molecule has 3 N–H and O–H groups in total. The standard InChI is InChI=1S/C18H26N4O4/c1-12-4-6-21(7-5-12)15-3-2-13(8-16(15)22(25)26)18(24)20-10-14-9-19-11-17(14)23/h2-3,8,12,14,17,19,23H,4-7,9-11H2,1H3,(H,20,24). The Morgan fingerprint density at radius 2 is 2.12 bits per heavy atom. The van der Waals surface area contributed by atoms with E-state index in [0.717, 1.165) is 25.9 Å². The van der Waals surface area contributed by atoms with Gasteiger partial charge >= 0.3 is 0 Å². The van der Waals surface area contributed by atoms with E-state index < -0.39 is 11.0 Å². The van der Waals surface area contributed by atoms with Crippen molar-refractivity contribution < 1.29 is 14.8 Å². The first-order chi connectivity index (χ1) is 12.5. The Hall–Kier alpha value is -2.19. The maximum atomic E-state index is 12.4. The normalized spacial score (nSPS) is 23.8. The first-order valence-electron chi connectivity index (χ1n) is 9.16. The summed E-state index contributed by atoms with van der Waals surface area (Å²) in [5.74, 6) is 0.241. The molecular weight excluding hydrogens is 336 g/mol. The molecule has 0 bridgehead atoms. The summed E-state index contributed by atoms with van der Waals surface area (Å²) in [6.07, 6.45) is 1.54. The smallest absolute Gasteiger partial charge is 0.293 e. The van der Waals surface area contributed by atoms with Crippen LogP contribution in [0.3, 0.4) is 0 Å². The SMILES string of the molecule is CC1CCN(c2ccc(C(=O)NCC3CNCC3O)cc2[N+](=O)[O-])CC1. The van der Waals surface area contributed by atoms with Gasteiger partial charge in [0.05, 0.1) is 11.0 Å². The minimum atomic E-state index is -0.478. The number of aliphatic hydroxyl groups is 1.